The first-order valence-electron chi connectivity index (χ1n) is 10.5. The van der Waals surface area contributed by atoms with Gasteiger partial charge in [-0.15, -0.1) is 10.2 Å². The van der Waals surface area contributed by atoms with Gasteiger partial charge in [0.15, 0.2) is 5.16 Å². The Balaban J connectivity index is 1.70. The number of anilines is 1. The topological polar surface area (TPSA) is 97.8 Å². The van der Waals surface area contributed by atoms with Gasteiger partial charge >= 0.3 is 0 Å². The number of hydrogen-bond acceptors (Lipinski definition) is 6. The Morgan fingerprint density at radius 2 is 2.13 bits per heavy atom. The molecule has 1 amide bonds. The highest BCUT2D eigenvalue weighted by molar-refractivity contribution is 7.99. The molecule has 1 saturated carbocycles. The molecule has 1 aliphatic rings. The zero-order chi connectivity index (χ0) is 21.5. The minimum atomic E-state index is -0.141. The second-order valence-electron chi connectivity index (χ2n) is 7.70. The van der Waals surface area contributed by atoms with E-state index in [0.717, 1.165) is 37.1 Å². The SMILES string of the molecule is COCCCn1cnnc1SCC(=O)Nc1c(C#N)c(C)c(C)n1C1CCCCC1. The van der Waals surface area contributed by atoms with E-state index in [2.05, 4.69) is 26.2 Å². The number of rotatable bonds is 9. The molecule has 2 aromatic rings. The maximum atomic E-state index is 12.8. The number of amides is 1. The van der Waals surface area contributed by atoms with Gasteiger partial charge in [0, 0.05) is 32.0 Å². The fourth-order valence-corrected chi connectivity index (χ4v) is 4.81. The highest BCUT2D eigenvalue weighted by atomic mass is 32.2. The van der Waals surface area contributed by atoms with Gasteiger partial charge in [-0.3, -0.25) is 4.79 Å². The van der Waals surface area contributed by atoms with Crippen LogP contribution in [0.5, 0.6) is 0 Å². The Hall–Kier alpha value is -2.31. The Morgan fingerprint density at radius 3 is 2.83 bits per heavy atom. The third-order valence-corrected chi connectivity index (χ3v) is 6.71. The second kappa shape index (κ2) is 10.6. The number of hydrogen-bond donors (Lipinski definition) is 1. The smallest absolute Gasteiger partial charge is 0.235 e. The average Bonchev–Trinajstić information content (AvgIpc) is 3.29. The van der Waals surface area contributed by atoms with Gasteiger partial charge in [-0.1, -0.05) is 31.0 Å². The summed E-state index contributed by atoms with van der Waals surface area (Å²) >= 11 is 1.35. The third-order valence-electron chi connectivity index (χ3n) is 5.73. The van der Waals surface area contributed by atoms with Crippen LogP contribution in [0.1, 0.15) is 61.4 Å². The Kier molecular flexibility index (Phi) is 7.94. The van der Waals surface area contributed by atoms with Gasteiger partial charge in [-0.25, -0.2) is 0 Å². The number of carbonyl (C=O) groups excluding carboxylic acids is 1. The van der Waals surface area contributed by atoms with Crippen molar-refractivity contribution in [3.63, 3.8) is 0 Å². The number of methoxy groups -OCH3 is 1. The van der Waals surface area contributed by atoms with Gasteiger partial charge in [0.05, 0.1) is 11.3 Å². The second-order valence-corrected chi connectivity index (χ2v) is 8.64. The molecule has 0 aromatic carbocycles. The van der Waals surface area contributed by atoms with Gasteiger partial charge in [-0.2, -0.15) is 5.26 Å². The lowest BCUT2D eigenvalue weighted by Gasteiger charge is -2.27. The van der Waals surface area contributed by atoms with Crippen LogP contribution in [0, 0.1) is 25.2 Å². The van der Waals surface area contributed by atoms with Crippen molar-refractivity contribution in [2.24, 2.45) is 0 Å². The van der Waals surface area contributed by atoms with Crippen LogP contribution >= 0.6 is 11.8 Å². The molecule has 0 saturated heterocycles. The van der Waals surface area contributed by atoms with Gasteiger partial charge in [0.1, 0.15) is 18.2 Å². The first-order valence-corrected chi connectivity index (χ1v) is 11.5. The van der Waals surface area contributed by atoms with E-state index in [-0.39, 0.29) is 11.7 Å². The van der Waals surface area contributed by atoms with Crippen LogP contribution in [-0.4, -0.2) is 44.7 Å². The number of aromatic nitrogens is 4. The summed E-state index contributed by atoms with van der Waals surface area (Å²) in [6.07, 6.45) is 8.32. The van der Waals surface area contributed by atoms with E-state index < -0.39 is 0 Å². The van der Waals surface area contributed by atoms with Gasteiger partial charge < -0.3 is 19.2 Å². The Labute approximate surface area is 182 Å². The summed E-state index contributed by atoms with van der Waals surface area (Å²) in [7, 11) is 1.67. The Bertz CT molecular complexity index is 907. The maximum Gasteiger partial charge on any atom is 0.235 e. The zero-order valence-corrected chi connectivity index (χ0v) is 18.8. The molecule has 0 unspecified atom stereocenters. The average molecular weight is 431 g/mol. The van der Waals surface area contributed by atoms with Crippen LogP contribution in [-0.2, 0) is 16.1 Å². The summed E-state index contributed by atoms with van der Waals surface area (Å²) in [6.45, 7) is 5.40. The zero-order valence-electron chi connectivity index (χ0n) is 18.0. The Morgan fingerprint density at radius 1 is 1.37 bits per heavy atom. The number of nitrogens with zero attached hydrogens (tertiary/aromatic N) is 5. The number of ether oxygens (including phenoxy) is 1. The van der Waals surface area contributed by atoms with Crippen LogP contribution < -0.4 is 5.32 Å². The van der Waals surface area contributed by atoms with Crippen molar-refractivity contribution in [2.45, 2.75) is 70.1 Å². The van der Waals surface area contributed by atoms with E-state index in [1.807, 2.05) is 18.4 Å². The molecule has 162 valence electrons. The number of nitrogens with one attached hydrogen (secondary N) is 1. The van der Waals surface area contributed by atoms with E-state index in [9.17, 15) is 10.1 Å². The van der Waals surface area contributed by atoms with Crippen molar-refractivity contribution in [1.82, 2.24) is 19.3 Å². The molecule has 8 nitrogen and oxygen atoms in total. The molecule has 9 heteroatoms. The largest absolute Gasteiger partial charge is 0.385 e. The van der Waals surface area contributed by atoms with Crippen LogP contribution in [0.3, 0.4) is 0 Å². The van der Waals surface area contributed by atoms with Crippen molar-refractivity contribution in [3.8, 4) is 6.07 Å². The van der Waals surface area contributed by atoms with Crippen molar-refractivity contribution >= 4 is 23.5 Å². The minimum Gasteiger partial charge on any atom is -0.385 e. The number of nitriles is 1. The van der Waals surface area contributed by atoms with Crippen molar-refractivity contribution in [1.29, 1.82) is 5.26 Å². The lowest BCUT2D eigenvalue weighted by molar-refractivity contribution is -0.113. The van der Waals surface area contributed by atoms with E-state index >= 15 is 0 Å². The number of carbonyl (C=O) groups is 1. The molecular weight excluding hydrogens is 400 g/mol. The number of aryl methyl sites for hydroxylation is 1. The van der Waals surface area contributed by atoms with Crippen molar-refractivity contribution in [2.75, 3.05) is 24.8 Å². The lowest BCUT2D eigenvalue weighted by Crippen LogP contribution is -2.22. The predicted molar refractivity (Wildman–Crippen MR) is 117 cm³/mol. The highest BCUT2D eigenvalue weighted by Crippen LogP contribution is 2.36. The van der Waals surface area contributed by atoms with E-state index in [4.69, 9.17) is 4.74 Å². The molecule has 0 spiro atoms. The first-order chi connectivity index (χ1) is 14.6. The summed E-state index contributed by atoms with van der Waals surface area (Å²) in [5, 5.41) is 21.5. The molecular formula is C21H30N6O2S. The highest BCUT2D eigenvalue weighted by Gasteiger charge is 2.26. The minimum absolute atomic E-state index is 0.141. The van der Waals surface area contributed by atoms with Crippen molar-refractivity contribution < 1.29 is 9.53 Å². The molecule has 0 radical (unpaired) electrons. The molecule has 1 N–H and O–H groups in total. The lowest BCUT2D eigenvalue weighted by atomic mass is 9.95. The molecule has 30 heavy (non-hydrogen) atoms. The third kappa shape index (κ3) is 5.05. The summed E-state index contributed by atoms with van der Waals surface area (Å²) in [4.78, 5) is 12.8. The number of thioether (sulfide) groups is 1. The van der Waals surface area contributed by atoms with Crippen molar-refractivity contribution in [3.05, 3.63) is 23.1 Å². The monoisotopic (exact) mass is 430 g/mol. The van der Waals surface area contributed by atoms with E-state index in [1.54, 1.807) is 13.4 Å². The van der Waals surface area contributed by atoms with E-state index in [1.165, 1.54) is 31.0 Å². The molecule has 0 bridgehead atoms. The van der Waals surface area contributed by atoms with Crippen LogP contribution in [0.15, 0.2) is 11.5 Å². The fourth-order valence-electron chi connectivity index (χ4n) is 4.07. The van der Waals surface area contributed by atoms with Gasteiger partial charge in [0.25, 0.3) is 0 Å². The van der Waals surface area contributed by atoms with Crippen LogP contribution in [0.2, 0.25) is 0 Å². The molecule has 2 aromatic heterocycles. The standard InChI is InChI=1S/C21H30N6O2S/c1-15-16(2)27(17-8-5-4-6-9-17)20(18(15)12-22)24-19(28)13-30-21-25-23-14-26(21)10-7-11-29-3/h14,17H,4-11,13H2,1-3H3,(H,24,28). The molecule has 2 heterocycles. The van der Waals surface area contributed by atoms with Gasteiger partial charge in [0.2, 0.25) is 5.91 Å². The van der Waals surface area contributed by atoms with E-state index in [0.29, 0.717) is 29.2 Å². The fraction of sp³-hybridized carbons (Fsp3) is 0.619. The molecule has 1 fully saturated rings. The quantitative estimate of drug-likeness (QED) is 0.479. The summed E-state index contributed by atoms with van der Waals surface area (Å²) in [5.41, 5.74) is 2.59. The van der Waals surface area contributed by atoms with Gasteiger partial charge in [-0.05, 0) is 38.7 Å². The van der Waals surface area contributed by atoms with Crippen LogP contribution in [0.25, 0.3) is 0 Å². The molecule has 0 aliphatic heterocycles. The predicted octanol–water partition coefficient (Wildman–Crippen LogP) is 3.84. The normalized spacial score (nSPS) is 14.6. The summed E-state index contributed by atoms with van der Waals surface area (Å²) in [6, 6.07) is 2.64. The van der Waals surface area contributed by atoms with Crippen LogP contribution in [0.4, 0.5) is 5.82 Å². The summed E-state index contributed by atoms with van der Waals surface area (Å²) in [5.74, 6) is 0.714. The summed E-state index contributed by atoms with van der Waals surface area (Å²) < 4.78 is 9.20. The molecule has 3 rings (SSSR count). The maximum absolute atomic E-state index is 12.8. The first kappa shape index (κ1) is 22.4. The molecule has 0 atom stereocenters. The molecule has 1 aliphatic carbocycles.